The number of benzene rings is 1. The first-order valence-electron chi connectivity index (χ1n) is 7.22. The molecule has 0 N–H and O–H groups in total. The van der Waals surface area contributed by atoms with Crippen LogP contribution in [-0.4, -0.2) is 0 Å². The molecule has 1 aromatic carbocycles. The normalized spacial score (nSPS) is 33.7. The molecule has 0 saturated heterocycles. The summed E-state index contributed by atoms with van der Waals surface area (Å²) in [7, 11) is 0. The largest absolute Gasteiger partial charge is 0.0596 e. The van der Waals surface area contributed by atoms with Gasteiger partial charge in [0.25, 0.3) is 0 Å². The zero-order chi connectivity index (χ0) is 13.0. The summed E-state index contributed by atoms with van der Waals surface area (Å²) in [6.45, 7) is 7.52. The quantitative estimate of drug-likeness (QED) is 0.553. The van der Waals surface area contributed by atoms with Gasteiger partial charge in [-0.25, -0.2) is 0 Å². The van der Waals surface area contributed by atoms with Crippen LogP contribution in [0.15, 0.2) is 18.2 Å². The summed E-state index contributed by atoms with van der Waals surface area (Å²) >= 11 is 2.46. The molecule has 0 amide bonds. The summed E-state index contributed by atoms with van der Waals surface area (Å²) in [5.74, 6) is 0.865. The lowest BCUT2D eigenvalue weighted by molar-refractivity contribution is 0.0407. The Bertz CT molecular complexity index is 474. The fourth-order valence-corrected chi connectivity index (χ4v) is 5.24. The van der Waals surface area contributed by atoms with E-state index in [1.54, 1.807) is 11.1 Å². The van der Waals surface area contributed by atoms with Crippen LogP contribution in [-0.2, 0) is 11.8 Å². The van der Waals surface area contributed by atoms with Gasteiger partial charge in [-0.1, -0.05) is 33.3 Å². The van der Waals surface area contributed by atoms with Crippen molar-refractivity contribution in [3.63, 3.8) is 0 Å². The highest BCUT2D eigenvalue weighted by atomic mass is 127. The molecule has 1 saturated carbocycles. The molecule has 2 aliphatic carbocycles. The number of halogens is 1. The van der Waals surface area contributed by atoms with Crippen molar-refractivity contribution in [3.05, 3.63) is 32.9 Å². The van der Waals surface area contributed by atoms with Crippen molar-refractivity contribution in [2.24, 2.45) is 11.3 Å². The van der Waals surface area contributed by atoms with E-state index in [2.05, 4.69) is 61.6 Å². The number of rotatable bonds is 0. The molecule has 0 aliphatic heterocycles. The van der Waals surface area contributed by atoms with Gasteiger partial charge in [0, 0.05) is 3.57 Å². The maximum atomic E-state index is 2.53. The zero-order valence-corrected chi connectivity index (χ0v) is 13.9. The fourth-order valence-electron chi connectivity index (χ4n) is 4.75. The van der Waals surface area contributed by atoms with Crippen LogP contribution < -0.4 is 0 Å². The van der Waals surface area contributed by atoms with E-state index < -0.39 is 0 Å². The highest BCUT2D eigenvalue weighted by molar-refractivity contribution is 14.1. The molecule has 1 heteroatoms. The summed E-state index contributed by atoms with van der Waals surface area (Å²) in [4.78, 5) is 0. The first kappa shape index (κ1) is 13.0. The Morgan fingerprint density at radius 3 is 2.72 bits per heavy atom. The summed E-state index contributed by atoms with van der Waals surface area (Å²) in [5, 5.41) is 0. The Balaban J connectivity index is 2.13. The average molecular weight is 354 g/mol. The van der Waals surface area contributed by atoms with E-state index in [9.17, 15) is 0 Å². The molecule has 1 fully saturated rings. The highest BCUT2D eigenvalue weighted by Crippen LogP contribution is 2.57. The van der Waals surface area contributed by atoms with Gasteiger partial charge >= 0.3 is 0 Å². The van der Waals surface area contributed by atoms with Crippen molar-refractivity contribution in [2.45, 2.75) is 58.3 Å². The van der Waals surface area contributed by atoms with E-state index in [4.69, 9.17) is 0 Å². The second-order valence-electron chi connectivity index (χ2n) is 7.15. The molecule has 98 valence electrons. The number of hydrogen-bond acceptors (Lipinski definition) is 0. The van der Waals surface area contributed by atoms with E-state index in [1.807, 2.05) is 0 Å². The van der Waals surface area contributed by atoms with E-state index in [0.717, 1.165) is 5.92 Å². The van der Waals surface area contributed by atoms with Gasteiger partial charge in [-0.15, -0.1) is 0 Å². The highest BCUT2D eigenvalue weighted by Gasteiger charge is 2.49. The summed E-state index contributed by atoms with van der Waals surface area (Å²) in [6, 6.07) is 7.11. The van der Waals surface area contributed by atoms with Gasteiger partial charge in [0.15, 0.2) is 0 Å². The van der Waals surface area contributed by atoms with Crippen molar-refractivity contribution in [3.8, 4) is 0 Å². The fraction of sp³-hybridized carbons (Fsp3) is 0.647. The Labute approximate surface area is 125 Å². The minimum atomic E-state index is 0.427. The van der Waals surface area contributed by atoms with Crippen molar-refractivity contribution in [1.82, 2.24) is 0 Å². The molecule has 0 bridgehead atoms. The first-order valence-corrected chi connectivity index (χ1v) is 8.30. The third kappa shape index (κ3) is 1.85. The van der Waals surface area contributed by atoms with Crippen molar-refractivity contribution in [2.75, 3.05) is 0 Å². The number of hydrogen-bond donors (Lipinski definition) is 0. The van der Waals surface area contributed by atoms with Crippen LogP contribution in [0.1, 0.15) is 57.6 Å². The molecular weight excluding hydrogens is 331 g/mol. The van der Waals surface area contributed by atoms with E-state index >= 15 is 0 Å². The predicted molar refractivity (Wildman–Crippen MR) is 86.0 cm³/mol. The van der Waals surface area contributed by atoms with Gasteiger partial charge in [0.2, 0.25) is 0 Å². The standard InChI is InChI=1S/C17H23I/c1-16(2)9-4-10-17(3)14-11-13(18)7-5-12(14)6-8-15(16)17/h5,7,11,15H,4,6,8-10H2,1-3H3. The maximum absolute atomic E-state index is 2.53. The Morgan fingerprint density at radius 1 is 1.17 bits per heavy atom. The van der Waals surface area contributed by atoms with Gasteiger partial charge < -0.3 is 0 Å². The lowest BCUT2D eigenvalue weighted by Gasteiger charge is -2.54. The monoisotopic (exact) mass is 354 g/mol. The minimum Gasteiger partial charge on any atom is -0.0596 e. The predicted octanol–water partition coefficient (Wildman–Crippen LogP) is 5.32. The Morgan fingerprint density at radius 2 is 1.94 bits per heavy atom. The van der Waals surface area contributed by atoms with E-state index in [-0.39, 0.29) is 0 Å². The molecule has 0 radical (unpaired) electrons. The second-order valence-corrected chi connectivity index (χ2v) is 8.40. The van der Waals surface area contributed by atoms with Crippen LogP contribution in [0.25, 0.3) is 0 Å². The molecule has 3 rings (SSSR count). The number of fused-ring (bicyclic) bond motifs is 3. The van der Waals surface area contributed by atoms with Gasteiger partial charge in [-0.05, 0) is 88.3 Å². The van der Waals surface area contributed by atoms with Crippen LogP contribution in [0.3, 0.4) is 0 Å². The van der Waals surface area contributed by atoms with Crippen LogP contribution >= 0.6 is 22.6 Å². The van der Waals surface area contributed by atoms with Crippen molar-refractivity contribution in [1.29, 1.82) is 0 Å². The van der Waals surface area contributed by atoms with Gasteiger partial charge in [-0.3, -0.25) is 0 Å². The SMILES string of the molecule is CC1(C)CCCC2(C)c3cc(I)ccc3CCC12. The smallest absolute Gasteiger partial charge is 0.0133 e. The van der Waals surface area contributed by atoms with E-state index in [1.165, 1.54) is 35.7 Å². The van der Waals surface area contributed by atoms with Crippen LogP contribution in [0.5, 0.6) is 0 Å². The molecule has 2 atom stereocenters. The summed E-state index contributed by atoms with van der Waals surface area (Å²) in [6.07, 6.45) is 6.86. The average Bonchev–Trinajstić information content (AvgIpc) is 2.29. The zero-order valence-electron chi connectivity index (χ0n) is 11.7. The van der Waals surface area contributed by atoms with Crippen molar-refractivity contribution < 1.29 is 0 Å². The molecule has 0 spiro atoms. The molecule has 2 aliphatic rings. The minimum absolute atomic E-state index is 0.427. The maximum Gasteiger partial charge on any atom is 0.0133 e. The van der Waals surface area contributed by atoms with Gasteiger partial charge in [0.05, 0.1) is 0 Å². The molecular formula is C17H23I. The van der Waals surface area contributed by atoms with Crippen LogP contribution in [0.4, 0.5) is 0 Å². The third-order valence-corrected chi connectivity index (χ3v) is 6.29. The molecule has 0 aromatic heterocycles. The van der Waals surface area contributed by atoms with Crippen molar-refractivity contribution >= 4 is 22.6 Å². The molecule has 0 heterocycles. The molecule has 0 nitrogen and oxygen atoms in total. The molecule has 2 unspecified atom stereocenters. The molecule has 1 aromatic rings. The van der Waals surface area contributed by atoms with Gasteiger partial charge in [0.1, 0.15) is 0 Å². The topological polar surface area (TPSA) is 0 Å². The van der Waals surface area contributed by atoms with E-state index in [0.29, 0.717) is 10.8 Å². The summed E-state index contributed by atoms with van der Waals surface area (Å²) < 4.78 is 1.40. The van der Waals surface area contributed by atoms with Crippen LogP contribution in [0.2, 0.25) is 0 Å². The lowest BCUT2D eigenvalue weighted by Crippen LogP contribution is -2.47. The van der Waals surface area contributed by atoms with Crippen LogP contribution in [0, 0.1) is 14.9 Å². The third-order valence-electron chi connectivity index (χ3n) is 5.62. The Hall–Kier alpha value is -0.0500. The number of aryl methyl sites for hydroxylation is 1. The second kappa shape index (κ2) is 4.22. The molecule has 18 heavy (non-hydrogen) atoms. The summed E-state index contributed by atoms with van der Waals surface area (Å²) in [5.41, 5.74) is 4.23. The van der Waals surface area contributed by atoms with Gasteiger partial charge in [-0.2, -0.15) is 0 Å². The lowest BCUT2D eigenvalue weighted by atomic mass is 9.50. The Kier molecular flexibility index (Phi) is 3.04. The first-order chi connectivity index (χ1) is 8.43.